The van der Waals surface area contributed by atoms with E-state index in [1.54, 1.807) is 12.1 Å². The molecule has 2 aliphatic rings. The Bertz CT molecular complexity index is 844. The molecule has 0 radical (unpaired) electrons. The number of piperidine rings is 1. The summed E-state index contributed by atoms with van der Waals surface area (Å²) in [5, 5.41) is 0. The lowest BCUT2D eigenvalue weighted by molar-refractivity contribution is -0.154. The van der Waals surface area contributed by atoms with Gasteiger partial charge in [0.1, 0.15) is 0 Å². The molecular formula is C19H24N2O6S. The van der Waals surface area contributed by atoms with Gasteiger partial charge in [-0.1, -0.05) is 18.6 Å². The first-order valence-corrected chi connectivity index (χ1v) is 10.9. The SMILES string of the molecule is O=C(Cc1ccc(S(=O)(=O)N2CCCCC2)cc1)OCC(=O)N1CCCC1=O. The van der Waals surface area contributed by atoms with E-state index in [-0.39, 0.29) is 17.2 Å². The number of ether oxygens (including phenoxy) is 1. The highest BCUT2D eigenvalue weighted by Gasteiger charge is 2.27. The second-order valence-electron chi connectivity index (χ2n) is 6.99. The predicted octanol–water partition coefficient (Wildman–Crippen LogP) is 1.10. The van der Waals surface area contributed by atoms with Gasteiger partial charge in [-0.3, -0.25) is 19.3 Å². The number of hydrogen-bond donors (Lipinski definition) is 0. The molecule has 0 N–H and O–H groups in total. The van der Waals surface area contributed by atoms with Crippen LogP contribution in [-0.2, 0) is 35.6 Å². The van der Waals surface area contributed by atoms with Crippen LogP contribution in [0.4, 0.5) is 0 Å². The maximum atomic E-state index is 12.6. The van der Waals surface area contributed by atoms with Crippen LogP contribution in [0.25, 0.3) is 0 Å². The van der Waals surface area contributed by atoms with E-state index >= 15 is 0 Å². The van der Waals surface area contributed by atoms with Gasteiger partial charge < -0.3 is 4.74 Å². The van der Waals surface area contributed by atoms with Crippen molar-refractivity contribution in [2.75, 3.05) is 26.2 Å². The number of nitrogens with zero attached hydrogens (tertiary/aromatic N) is 2. The molecule has 2 fully saturated rings. The van der Waals surface area contributed by atoms with Crippen molar-refractivity contribution in [3.8, 4) is 0 Å². The maximum absolute atomic E-state index is 12.6. The number of sulfonamides is 1. The van der Waals surface area contributed by atoms with Crippen LogP contribution in [-0.4, -0.2) is 61.6 Å². The monoisotopic (exact) mass is 408 g/mol. The zero-order chi connectivity index (χ0) is 20.1. The molecule has 0 atom stereocenters. The van der Waals surface area contributed by atoms with Gasteiger partial charge in [0.2, 0.25) is 15.9 Å². The fourth-order valence-electron chi connectivity index (χ4n) is 3.38. The normalized spacial score (nSPS) is 18.3. The van der Waals surface area contributed by atoms with E-state index in [2.05, 4.69) is 0 Å². The Hall–Kier alpha value is -2.26. The first kappa shape index (κ1) is 20.5. The minimum absolute atomic E-state index is 0.0781. The molecular weight excluding hydrogens is 384 g/mol. The van der Waals surface area contributed by atoms with E-state index in [9.17, 15) is 22.8 Å². The lowest BCUT2D eigenvalue weighted by Gasteiger charge is -2.25. The number of benzene rings is 1. The highest BCUT2D eigenvalue weighted by molar-refractivity contribution is 7.89. The van der Waals surface area contributed by atoms with Gasteiger partial charge in [-0.05, 0) is 37.0 Å². The number of carbonyl (C=O) groups excluding carboxylic acids is 3. The van der Waals surface area contributed by atoms with Crippen molar-refractivity contribution >= 4 is 27.8 Å². The average Bonchev–Trinajstić information content (AvgIpc) is 3.13. The Morgan fingerprint density at radius 2 is 1.64 bits per heavy atom. The van der Waals surface area contributed by atoms with Gasteiger partial charge >= 0.3 is 5.97 Å². The van der Waals surface area contributed by atoms with Crippen LogP contribution in [0.2, 0.25) is 0 Å². The number of imide groups is 1. The molecule has 2 aliphatic heterocycles. The third-order valence-corrected chi connectivity index (χ3v) is 6.87. The molecule has 2 amide bonds. The van der Waals surface area contributed by atoms with Crippen molar-refractivity contribution in [3.05, 3.63) is 29.8 Å². The van der Waals surface area contributed by atoms with Crippen molar-refractivity contribution in [3.63, 3.8) is 0 Å². The number of hydrogen-bond acceptors (Lipinski definition) is 6. The summed E-state index contributed by atoms with van der Waals surface area (Å²) in [6.07, 6.45) is 3.67. The third kappa shape index (κ3) is 4.77. The molecule has 2 saturated heterocycles. The summed E-state index contributed by atoms with van der Waals surface area (Å²) in [6, 6.07) is 6.12. The number of carbonyl (C=O) groups is 3. The largest absolute Gasteiger partial charge is 0.455 e. The Kier molecular flexibility index (Phi) is 6.46. The standard InChI is InChI=1S/C19H24N2O6S/c22-17-5-4-12-21(17)18(23)14-27-19(24)13-15-6-8-16(9-7-15)28(25,26)20-10-2-1-3-11-20/h6-9H,1-5,10-14H2. The summed E-state index contributed by atoms with van der Waals surface area (Å²) in [6.45, 7) is 0.960. The fourth-order valence-corrected chi connectivity index (χ4v) is 4.90. The van der Waals surface area contributed by atoms with Crippen LogP contribution in [0.5, 0.6) is 0 Å². The van der Waals surface area contributed by atoms with Crippen LogP contribution in [0.3, 0.4) is 0 Å². The van der Waals surface area contributed by atoms with Crippen molar-refractivity contribution in [2.45, 2.75) is 43.4 Å². The Morgan fingerprint density at radius 3 is 2.25 bits per heavy atom. The zero-order valence-electron chi connectivity index (χ0n) is 15.6. The van der Waals surface area contributed by atoms with Gasteiger partial charge in [0.15, 0.2) is 6.61 Å². The molecule has 1 aromatic carbocycles. The molecule has 8 nitrogen and oxygen atoms in total. The van der Waals surface area contributed by atoms with Gasteiger partial charge in [-0.2, -0.15) is 4.31 Å². The van der Waals surface area contributed by atoms with Crippen molar-refractivity contribution in [1.29, 1.82) is 0 Å². The van der Waals surface area contributed by atoms with Gasteiger partial charge in [0.25, 0.3) is 5.91 Å². The molecule has 152 valence electrons. The fraction of sp³-hybridized carbons (Fsp3) is 0.526. The molecule has 0 unspecified atom stereocenters. The van der Waals surface area contributed by atoms with Crippen LogP contribution in [0, 0.1) is 0 Å². The number of rotatable bonds is 6. The highest BCUT2D eigenvalue weighted by Crippen LogP contribution is 2.21. The first-order valence-electron chi connectivity index (χ1n) is 9.46. The molecule has 0 saturated carbocycles. The molecule has 3 rings (SSSR count). The number of esters is 1. The Balaban J connectivity index is 1.53. The average molecular weight is 408 g/mol. The smallest absolute Gasteiger partial charge is 0.310 e. The third-order valence-electron chi connectivity index (χ3n) is 4.96. The van der Waals surface area contributed by atoms with Crippen LogP contribution in [0.1, 0.15) is 37.7 Å². The topological polar surface area (TPSA) is 101 Å². The van der Waals surface area contributed by atoms with Crippen LogP contribution < -0.4 is 0 Å². The second-order valence-corrected chi connectivity index (χ2v) is 8.93. The van der Waals surface area contributed by atoms with Gasteiger partial charge in [-0.25, -0.2) is 8.42 Å². The van der Waals surface area contributed by atoms with Crippen LogP contribution >= 0.6 is 0 Å². The van der Waals surface area contributed by atoms with Gasteiger partial charge in [0.05, 0.1) is 11.3 Å². The zero-order valence-corrected chi connectivity index (χ0v) is 16.4. The number of likely N-dealkylation sites (tertiary alicyclic amines) is 1. The van der Waals surface area contributed by atoms with Gasteiger partial charge in [-0.15, -0.1) is 0 Å². The van der Waals surface area contributed by atoms with E-state index in [4.69, 9.17) is 4.74 Å². The minimum atomic E-state index is -3.51. The molecule has 0 bridgehead atoms. The van der Waals surface area contributed by atoms with Crippen molar-refractivity contribution in [2.24, 2.45) is 0 Å². The highest BCUT2D eigenvalue weighted by atomic mass is 32.2. The second kappa shape index (κ2) is 8.83. The first-order chi connectivity index (χ1) is 13.4. The predicted molar refractivity (Wildman–Crippen MR) is 99.7 cm³/mol. The lowest BCUT2D eigenvalue weighted by Crippen LogP contribution is -2.35. The van der Waals surface area contributed by atoms with Gasteiger partial charge in [0, 0.05) is 26.1 Å². The summed E-state index contributed by atoms with van der Waals surface area (Å²) in [5.41, 5.74) is 0.590. The maximum Gasteiger partial charge on any atom is 0.310 e. The summed E-state index contributed by atoms with van der Waals surface area (Å²) < 4.78 is 31.7. The van der Waals surface area contributed by atoms with E-state index in [1.165, 1.54) is 16.4 Å². The lowest BCUT2D eigenvalue weighted by atomic mass is 10.1. The molecule has 9 heteroatoms. The van der Waals surface area contributed by atoms with E-state index in [0.717, 1.165) is 24.2 Å². The van der Waals surface area contributed by atoms with E-state index in [0.29, 0.717) is 38.0 Å². The Labute approximate surface area is 164 Å². The minimum Gasteiger partial charge on any atom is -0.455 e. The molecule has 0 spiro atoms. The molecule has 2 heterocycles. The summed E-state index contributed by atoms with van der Waals surface area (Å²) in [4.78, 5) is 36.6. The van der Waals surface area contributed by atoms with Crippen molar-refractivity contribution < 1.29 is 27.5 Å². The van der Waals surface area contributed by atoms with Crippen molar-refractivity contribution in [1.82, 2.24) is 9.21 Å². The molecule has 28 heavy (non-hydrogen) atoms. The quantitative estimate of drug-likeness (QED) is 0.653. The molecule has 0 aliphatic carbocycles. The Morgan fingerprint density at radius 1 is 0.964 bits per heavy atom. The summed E-state index contributed by atoms with van der Waals surface area (Å²) in [7, 11) is -3.51. The van der Waals surface area contributed by atoms with E-state index < -0.39 is 28.5 Å². The number of amides is 2. The summed E-state index contributed by atoms with van der Waals surface area (Å²) >= 11 is 0. The van der Waals surface area contributed by atoms with Crippen LogP contribution in [0.15, 0.2) is 29.2 Å². The summed E-state index contributed by atoms with van der Waals surface area (Å²) in [5.74, 6) is -1.36. The molecule has 1 aromatic rings. The molecule has 0 aromatic heterocycles. The van der Waals surface area contributed by atoms with E-state index in [1.807, 2.05) is 0 Å².